The van der Waals surface area contributed by atoms with E-state index in [1.54, 1.807) is 0 Å². The molecule has 0 aliphatic rings. The highest BCUT2D eigenvalue weighted by molar-refractivity contribution is 7.11. The van der Waals surface area contributed by atoms with Crippen LogP contribution in [0.5, 0.6) is 0 Å². The Morgan fingerprint density at radius 1 is 1.28 bits per heavy atom. The van der Waals surface area contributed by atoms with Crippen LogP contribution >= 0.6 is 22.7 Å². The van der Waals surface area contributed by atoms with Gasteiger partial charge in [0.1, 0.15) is 0 Å². The van der Waals surface area contributed by atoms with Crippen LogP contribution in [-0.2, 0) is 18.5 Å². The van der Waals surface area contributed by atoms with Crippen LogP contribution in [0.1, 0.15) is 41.1 Å². The number of nitrogens with zero attached hydrogens (tertiary/aromatic N) is 1. The maximum atomic E-state index is 4.50. The molecule has 0 fully saturated rings. The lowest BCUT2D eigenvalue weighted by atomic mass is 9.98. The fourth-order valence-corrected chi connectivity index (χ4v) is 3.44. The van der Waals surface area contributed by atoms with Crippen LogP contribution in [0.3, 0.4) is 0 Å². The van der Waals surface area contributed by atoms with Gasteiger partial charge in [0.05, 0.1) is 5.01 Å². The van der Waals surface area contributed by atoms with E-state index in [2.05, 4.69) is 49.4 Å². The minimum absolute atomic E-state index is 0.160. The second-order valence-electron chi connectivity index (χ2n) is 5.51. The molecule has 4 heteroatoms. The molecule has 18 heavy (non-hydrogen) atoms. The molecule has 0 amide bonds. The highest BCUT2D eigenvalue weighted by atomic mass is 32.1. The Bertz CT molecular complexity index is 506. The third-order valence-electron chi connectivity index (χ3n) is 2.75. The zero-order valence-electron chi connectivity index (χ0n) is 11.4. The van der Waals surface area contributed by atoms with Crippen LogP contribution in [0, 0.1) is 6.92 Å². The molecular formula is C14H20N2S2. The fraction of sp³-hybridized carbons (Fsp3) is 0.500. The molecule has 0 unspecified atom stereocenters. The van der Waals surface area contributed by atoms with Gasteiger partial charge < -0.3 is 5.32 Å². The molecule has 2 heterocycles. The predicted molar refractivity (Wildman–Crippen MR) is 80.4 cm³/mol. The zero-order valence-corrected chi connectivity index (χ0v) is 13.0. The van der Waals surface area contributed by atoms with Crippen LogP contribution in [0.2, 0.25) is 0 Å². The molecule has 0 spiro atoms. The van der Waals surface area contributed by atoms with Crippen molar-refractivity contribution in [2.75, 3.05) is 0 Å². The van der Waals surface area contributed by atoms with Crippen molar-refractivity contribution in [2.24, 2.45) is 0 Å². The van der Waals surface area contributed by atoms with Crippen molar-refractivity contribution < 1.29 is 0 Å². The minimum atomic E-state index is 0.160. The van der Waals surface area contributed by atoms with Crippen LogP contribution in [0.25, 0.3) is 0 Å². The van der Waals surface area contributed by atoms with E-state index < -0.39 is 0 Å². The third kappa shape index (κ3) is 3.40. The lowest BCUT2D eigenvalue weighted by Crippen LogP contribution is -2.11. The number of nitrogens with one attached hydrogen (secondary N) is 1. The average molecular weight is 280 g/mol. The summed E-state index contributed by atoms with van der Waals surface area (Å²) < 4.78 is 0. The van der Waals surface area contributed by atoms with E-state index in [9.17, 15) is 0 Å². The molecule has 0 aliphatic heterocycles. The normalized spacial score (nSPS) is 12.0. The number of rotatable bonds is 4. The summed E-state index contributed by atoms with van der Waals surface area (Å²) in [6.07, 6.45) is 2.00. The van der Waals surface area contributed by atoms with E-state index in [-0.39, 0.29) is 5.41 Å². The van der Waals surface area contributed by atoms with Crippen molar-refractivity contribution in [1.82, 2.24) is 10.3 Å². The van der Waals surface area contributed by atoms with Gasteiger partial charge in [0.25, 0.3) is 0 Å². The molecule has 0 aliphatic carbocycles. The topological polar surface area (TPSA) is 24.9 Å². The highest BCUT2D eigenvalue weighted by Crippen LogP contribution is 2.26. The quantitative estimate of drug-likeness (QED) is 0.912. The zero-order chi connectivity index (χ0) is 13.2. The molecule has 2 nitrogen and oxygen atoms in total. The van der Waals surface area contributed by atoms with Crippen molar-refractivity contribution in [2.45, 2.75) is 46.2 Å². The smallest absolute Gasteiger partial charge is 0.0981 e. The van der Waals surface area contributed by atoms with Crippen molar-refractivity contribution in [3.8, 4) is 0 Å². The average Bonchev–Trinajstić information content (AvgIpc) is 2.88. The van der Waals surface area contributed by atoms with Gasteiger partial charge in [0.2, 0.25) is 0 Å². The number of hydrogen-bond acceptors (Lipinski definition) is 4. The summed E-state index contributed by atoms with van der Waals surface area (Å²) in [5, 5.41) is 6.85. The summed E-state index contributed by atoms with van der Waals surface area (Å²) in [5.74, 6) is 0. The van der Waals surface area contributed by atoms with Crippen LogP contribution < -0.4 is 5.32 Å². The number of aryl methyl sites for hydroxylation is 1. The molecule has 0 saturated heterocycles. The first-order valence-electron chi connectivity index (χ1n) is 6.15. The summed E-state index contributed by atoms with van der Waals surface area (Å²) >= 11 is 3.63. The van der Waals surface area contributed by atoms with E-state index in [4.69, 9.17) is 0 Å². The molecule has 2 aromatic rings. The number of hydrogen-bond donors (Lipinski definition) is 1. The number of thiophene rings is 1. The van der Waals surface area contributed by atoms with Crippen molar-refractivity contribution in [1.29, 1.82) is 0 Å². The summed E-state index contributed by atoms with van der Waals surface area (Å²) in [6, 6.07) is 2.17. The Labute approximate surface area is 117 Å². The second-order valence-corrected chi connectivity index (χ2v) is 7.63. The summed E-state index contributed by atoms with van der Waals surface area (Å²) in [6.45, 7) is 10.6. The van der Waals surface area contributed by atoms with Crippen LogP contribution in [0.4, 0.5) is 0 Å². The van der Waals surface area contributed by atoms with Gasteiger partial charge in [0, 0.05) is 34.5 Å². The maximum absolute atomic E-state index is 4.50. The van der Waals surface area contributed by atoms with Gasteiger partial charge in [-0.15, -0.1) is 22.7 Å². The van der Waals surface area contributed by atoms with Crippen LogP contribution in [-0.4, -0.2) is 4.98 Å². The fourth-order valence-electron chi connectivity index (χ4n) is 1.62. The minimum Gasteiger partial charge on any atom is -0.307 e. The monoisotopic (exact) mass is 280 g/mol. The van der Waals surface area contributed by atoms with Gasteiger partial charge in [-0.25, -0.2) is 4.98 Å². The molecule has 0 aromatic carbocycles. The SMILES string of the molecule is Cc1ccsc1CNCc1cnc(C(C)(C)C)s1. The van der Waals surface area contributed by atoms with E-state index >= 15 is 0 Å². The molecule has 0 bridgehead atoms. The highest BCUT2D eigenvalue weighted by Gasteiger charge is 2.17. The Morgan fingerprint density at radius 2 is 2.06 bits per heavy atom. The van der Waals surface area contributed by atoms with Gasteiger partial charge in [0.15, 0.2) is 0 Å². The van der Waals surface area contributed by atoms with Gasteiger partial charge in [-0.3, -0.25) is 0 Å². The van der Waals surface area contributed by atoms with Gasteiger partial charge >= 0.3 is 0 Å². The number of aromatic nitrogens is 1. The molecule has 2 rings (SSSR count). The first-order chi connectivity index (χ1) is 8.47. The molecule has 0 saturated carbocycles. The maximum Gasteiger partial charge on any atom is 0.0981 e. The molecule has 2 aromatic heterocycles. The Balaban J connectivity index is 1.88. The van der Waals surface area contributed by atoms with Crippen molar-refractivity contribution >= 4 is 22.7 Å². The molecule has 0 atom stereocenters. The molecular weight excluding hydrogens is 260 g/mol. The van der Waals surface area contributed by atoms with E-state index in [1.165, 1.54) is 20.3 Å². The van der Waals surface area contributed by atoms with Crippen molar-refractivity contribution in [3.63, 3.8) is 0 Å². The third-order valence-corrected chi connectivity index (χ3v) is 5.19. The lowest BCUT2D eigenvalue weighted by molar-refractivity contribution is 0.585. The first-order valence-corrected chi connectivity index (χ1v) is 7.85. The molecule has 0 radical (unpaired) electrons. The Kier molecular flexibility index (Phi) is 4.20. The summed E-state index contributed by atoms with van der Waals surface area (Å²) in [4.78, 5) is 7.24. The van der Waals surface area contributed by atoms with Gasteiger partial charge in [-0.2, -0.15) is 0 Å². The predicted octanol–water partition coefficient (Wildman–Crippen LogP) is 4.10. The lowest BCUT2D eigenvalue weighted by Gasteiger charge is -2.13. The Morgan fingerprint density at radius 3 is 2.61 bits per heavy atom. The molecule has 1 N–H and O–H groups in total. The Hall–Kier alpha value is -0.710. The first kappa shape index (κ1) is 13.7. The van der Waals surface area contributed by atoms with E-state index in [1.807, 2.05) is 28.9 Å². The summed E-state index contributed by atoms with van der Waals surface area (Å²) in [5.41, 5.74) is 1.54. The standard InChI is InChI=1S/C14H20N2S2/c1-10-5-6-17-12(10)9-15-7-11-8-16-13(18-11)14(2,3)4/h5-6,8,15H,7,9H2,1-4H3. The summed E-state index contributed by atoms with van der Waals surface area (Å²) in [7, 11) is 0. The number of thiazole rings is 1. The second kappa shape index (κ2) is 5.51. The van der Waals surface area contributed by atoms with E-state index in [0.717, 1.165) is 13.1 Å². The van der Waals surface area contributed by atoms with Gasteiger partial charge in [-0.05, 0) is 23.9 Å². The van der Waals surface area contributed by atoms with Crippen molar-refractivity contribution in [3.05, 3.63) is 38.0 Å². The largest absolute Gasteiger partial charge is 0.307 e. The van der Waals surface area contributed by atoms with E-state index in [0.29, 0.717) is 0 Å². The van der Waals surface area contributed by atoms with Gasteiger partial charge in [-0.1, -0.05) is 20.8 Å². The van der Waals surface area contributed by atoms with Crippen LogP contribution in [0.15, 0.2) is 17.6 Å². The molecule has 98 valence electrons.